The predicted octanol–water partition coefficient (Wildman–Crippen LogP) is 2.14. The molecule has 4 heteroatoms. The summed E-state index contributed by atoms with van der Waals surface area (Å²) in [6, 6.07) is 4.25. The van der Waals surface area contributed by atoms with Crippen LogP contribution in [0.5, 0.6) is 0 Å². The van der Waals surface area contributed by atoms with Gasteiger partial charge in [-0.1, -0.05) is 0 Å². The molecule has 1 aliphatic rings. The van der Waals surface area contributed by atoms with E-state index < -0.39 is 0 Å². The van der Waals surface area contributed by atoms with Gasteiger partial charge in [-0.25, -0.2) is 0 Å². The fourth-order valence-electron chi connectivity index (χ4n) is 2.04. The van der Waals surface area contributed by atoms with Gasteiger partial charge in [0.2, 0.25) is 0 Å². The second-order valence-electron chi connectivity index (χ2n) is 3.76. The molecule has 1 aromatic rings. The standard InChI is InChI=1S/C11H15BrN2O/c1-13-10(8-4-6-15-7-8)11-9(12)3-2-5-14-11/h2-3,5,8,10,13H,4,6-7H2,1H3. The van der Waals surface area contributed by atoms with Gasteiger partial charge in [0.1, 0.15) is 0 Å². The van der Waals surface area contributed by atoms with Gasteiger partial charge >= 0.3 is 0 Å². The van der Waals surface area contributed by atoms with Crippen LogP contribution in [0.2, 0.25) is 0 Å². The Labute approximate surface area is 98.4 Å². The van der Waals surface area contributed by atoms with Crippen LogP contribution in [0, 0.1) is 5.92 Å². The van der Waals surface area contributed by atoms with Crippen LogP contribution in [0.3, 0.4) is 0 Å². The third kappa shape index (κ3) is 2.38. The first-order valence-corrected chi connectivity index (χ1v) is 5.97. The largest absolute Gasteiger partial charge is 0.381 e. The molecule has 1 fully saturated rings. The van der Waals surface area contributed by atoms with Gasteiger partial charge in [0, 0.05) is 23.2 Å². The zero-order chi connectivity index (χ0) is 10.7. The van der Waals surface area contributed by atoms with Crippen LogP contribution in [0.1, 0.15) is 18.2 Å². The Morgan fingerprint density at radius 1 is 1.67 bits per heavy atom. The van der Waals surface area contributed by atoms with Gasteiger partial charge in [0.25, 0.3) is 0 Å². The Morgan fingerprint density at radius 2 is 2.53 bits per heavy atom. The quantitative estimate of drug-likeness (QED) is 0.914. The molecule has 0 aromatic carbocycles. The van der Waals surface area contributed by atoms with Gasteiger partial charge in [-0.2, -0.15) is 0 Å². The van der Waals surface area contributed by atoms with Crippen LogP contribution in [0.25, 0.3) is 0 Å². The van der Waals surface area contributed by atoms with Gasteiger partial charge in [-0.3, -0.25) is 4.98 Å². The van der Waals surface area contributed by atoms with Gasteiger partial charge in [0.15, 0.2) is 0 Å². The van der Waals surface area contributed by atoms with E-state index in [9.17, 15) is 0 Å². The third-order valence-electron chi connectivity index (χ3n) is 2.83. The van der Waals surface area contributed by atoms with Crippen molar-refractivity contribution >= 4 is 15.9 Å². The summed E-state index contributed by atoms with van der Waals surface area (Å²) in [5, 5.41) is 3.33. The molecule has 1 N–H and O–H groups in total. The smallest absolute Gasteiger partial charge is 0.0718 e. The van der Waals surface area contributed by atoms with E-state index in [2.05, 4.69) is 26.2 Å². The molecule has 2 unspecified atom stereocenters. The summed E-state index contributed by atoms with van der Waals surface area (Å²) in [5.74, 6) is 0.529. The van der Waals surface area contributed by atoms with Gasteiger partial charge < -0.3 is 10.1 Å². The molecule has 2 atom stereocenters. The number of pyridine rings is 1. The van der Waals surface area contributed by atoms with Gasteiger partial charge in [0.05, 0.1) is 18.3 Å². The normalized spacial score (nSPS) is 22.9. The van der Waals surface area contributed by atoms with E-state index in [1.807, 2.05) is 25.4 Å². The Bertz CT molecular complexity index is 326. The predicted molar refractivity (Wildman–Crippen MR) is 62.7 cm³/mol. The lowest BCUT2D eigenvalue weighted by atomic mass is 9.96. The van der Waals surface area contributed by atoms with Crippen LogP contribution in [-0.2, 0) is 4.74 Å². The Kier molecular flexibility index (Phi) is 3.72. The fourth-order valence-corrected chi connectivity index (χ4v) is 2.54. The summed E-state index contributed by atoms with van der Waals surface area (Å²) in [5.41, 5.74) is 1.08. The number of nitrogens with one attached hydrogen (secondary N) is 1. The molecule has 2 rings (SSSR count). The van der Waals surface area contributed by atoms with E-state index in [1.54, 1.807) is 0 Å². The van der Waals surface area contributed by atoms with E-state index >= 15 is 0 Å². The number of hydrogen-bond donors (Lipinski definition) is 1. The van der Waals surface area contributed by atoms with Crippen LogP contribution < -0.4 is 5.32 Å². The highest BCUT2D eigenvalue weighted by Crippen LogP contribution is 2.30. The van der Waals surface area contributed by atoms with E-state index in [4.69, 9.17) is 4.74 Å². The van der Waals surface area contributed by atoms with Crippen LogP contribution >= 0.6 is 15.9 Å². The van der Waals surface area contributed by atoms with Gasteiger partial charge in [-0.05, 0) is 41.5 Å². The lowest BCUT2D eigenvalue weighted by Gasteiger charge is -2.22. The number of nitrogens with zero attached hydrogens (tertiary/aromatic N) is 1. The van der Waals surface area contributed by atoms with Crippen molar-refractivity contribution in [2.75, 3.05) is 20.3 Å². The van der Waals surface area contributed by atoms with Crippen molar-refractivity contribution in [2.45, 2.75) is 12.5 Å². The molecule has 0 saturated carbocycles. The zero-order valence-corrected chi connectivity index (χ0v) is 10.3. The molecule has 1 aliphatic heterocycles. The van der Waals surface area contributed by atoms with Gasteiger partial charge in [-0.15, -0.1) is 0 Å². The Hall–Kier alpha value is -0.450. The van der Waals surface area contributed by atoms with E-state index in [0.717, 1.165) is 29.8 Å². The molecular formula is C11H15BrN2O. The molecule has 0 spiro atoms. The number of halogens is 1. The maximum absolute atomic E-state index is 5.42. The molecule has 0 radical (unpaired) electrons. The number of rotatable bonds is 3. The summed E-state index contributed by atoms with van der Waals surface area (Å²) in [4.78, 5) is 4.43. The fraction of sp³-hybridized carbons (Fsp3) is 0.545. The summed E-state index contributed by atoms with van der Waals surface area (Å²) < 4.78 is 6.48. The second kappa shape index (κ2) is 5.05. The molecule has 1 aromatic heterocycles. The minimum absolute atomic E-state index is 0.281. The van der Waals surface area contributed by atoms with Crippen molar-refractivity contribution in [3.8, 4) is 0 Å². The molecule has 0 aliphatic carbocycles. The van der Waals surface area contributed by atoms with Crippen LogP contribution in [0.4, 0.5) is 0 Å². The maximum atomic E-state index is 5.42. The summed E-state index contributed by atoms with van der Waals surface area (Å²) in [7, 11) is 1.98. The Balaban J connectivity index is 2.22. The van der Waals surface area contributed by atoms with Crippen LogP contribution in [-0.4, -0.2) is 25.2 Å². The first-order chi connectivity index (χ1) is 7.33. The average molecular weight is 271 g/mol. The molecule has 0 amide bonds. The average Bonchev–Trinajstić information content (AvgIpc) is 2.75. The first kappa shape index (κ1) is 11.0. The van der Waals surface area contributed by atoms with E-state index in [1.165, 1.54) is 0 Å². The second-order valence-corrected chi connectivity index (χ2v) is 4.61. The topological polar surface area (TPSA) is 34.2 Å². The van der Waals surface area contributed by atoms with Crippen LogP contribution in [0.15, 0.2) is 22.8 Å². The number of aromatic nitrogens is 1. The SMILES string of the molecule is CNC(c1ncccc1Br)C1CCOC1. The summed E-state index contributed by atoms with van der Waals surface area (Å²) in [6.45, 7) is 1.70. The van der Waals surface area contributed by atoms with Crippen molar-refractivity contribution in [3.63, 3.8) is 0 Å². The molecule has 1 saturated heterocycles. The molecule has 2 heterocycles. The highest BCUT2D eigenvalue weighted by atomic mass is 79.9. The molecule has 15 heavy (non-hydrogen) atoms. The van der Waals surface area contributed by atoms with E-state index in [-0.39, 0.29) is 6.04 Å². The highest BCUT2D eigenvalue weighted by molar-refractivity contribution is 9.10. The lowest BCUT2D eigenvalue weighted by molar-refractivity contribution is 0.177. The first-order valence-electron chi connectivity index (χ1n) is 5.18. The van der Waals surface area contributed by atoms with Crippen molar-refractivity contribution in [1.82, 2.24) is 10.3 Å². The Morgan fingerprint density at radius 3 is 3.13 bits per heavy atom. The monoisotopic (exact) mass is 270 g/mol. The molecule has 82 valence electrons. The lowest BCUT2D eigenvalue weighted by Crippen LogP contribution is -2.26. The minimum atomic E-state index is 0.281. The van der Waals surface area contributed by atoms with Crippen molar-refractivity contribution in [2.24, 2.45) is 5.92 Å². The molecular weight excluding hydrogens is 256 g/mol. The number of hydrogen-bond acceptors (Lipinski definition) is 3. The summed E-state index contributed by atoms with van der Waals surface area (Å²) in [6.07, 6.45) is 2.94. The highest BCUT2D eigenvalue weighted by Gasteiger charge is 2.27. The minimum Gasteiger partial charge on any atom is -0.381 e. The maximum Gasteiger partial charge on any atom is 0.0718 e. The number of ether oxygens (including phenoxy) is 1. The zero-order valence-electron chi connectivity index (χ0n) is 8.74. The van der Waals surface area contributed by atoms with Crippen molar-refractivity contribution in [3.05, 3.63) is 28.5 Å². The van der Waals surface area contributed by atoms with E-state index in [0.29, 0.717) is 5.92 Å². The van der Waals surface area contributed by atoms with Crippen molar-refractivity contribution < 1.29 is 4.74 Å². The third-order valence-corrected chi connectivity index (χ3v) is 3.50. The molecule has 3 nitrogen and oxygen atoms in total. The summed E-state index contributed by atoms with van der Waals surface area (Å²) >= 11 is 3.54. The molecule has 0 bridgehead atoms. The van der Waals surface area contributed by atoms with Crippen molar-refractivity contribution in [1.29, 1.82) is 0 Å².